The van der Waals surface area contributed by atoms with Crippen molar-refractivity contribution in [1.29, 1.82) is 0 Å². The van der Waals surface area contributed by atoms with Gasteiger partial charge in [-0.3, -0.25) is 4.79 Å². The van der Waals surface area contributed by atoms with Crippen molar-refractivity contribution in [3.05, 3.63) is 60.7 Å². The molecule has 1 saturated heterocycles. The van der Waals surface area contributed by atoms with Crippen molar-refractivity contribution < 1.29 is 9.53 Å². The van der Waals surface area contributed by atoms with Crippen LogP contribution in [-0.2, 0) is 4.74 Å². The molecule has 6 rings (SSSR count). The summed E-state index contributed by atoms with van der Waals surface area (Å²) in [5.41, 5.74) is 3.86. The number of ether oxygens (including phenoxy) is 1. The number of hydrogen-bond acceptors (Lipinski definition) is 8. The van der Waals surface area contributed by atoms with Crippen LogP contribution in [0.5, 0.6) is 0 Å². The Hall–Kier alpha value is -4.12. The third kappa shape index (κ3) is 4.82. The molecule has 0 aromatic carbocycles. The summed E-state index contributed by atoms with van der Waals surface area (Å²) in [6, 6.07) is 7.35. The van der Waals surface area contributed by atoms with Gasteiger partial charge in [-0.05, 0) is 38.8 Å². The smallest absolute Gasteiger partial charge is 0.275 e. The van der Waals surface area contributed by atoms with Crippen molar-refractivity contribution in [2.75, 3.05) is 36.5 Å². The van der Waals surface area contributed by atoms with Gasteiger partial charge in [0.15, 0.2) is 5.82 Å². The highest BCUT2D eigenvalue weighted by Crippen LogP contribution is 2.39. The summed E-state index contributed by atoms with van der Waals surface area (Å²) in [6.45, 7) is 6.98. The molecule has 37 heavy (non-hydrogen) atoms. The highest BCUT2D eigenvalue weighted by molar-refractivity contribution is 6.02. The Bertz CT molecular complexity index is 1420. The van der Waals surface area contributed by atoms with E-state index in [1.165, 1.54) is 12.8 Å². The molecule has 190 valence electrons. The molecule has 2 fully saturated rings. The molecule has 5 heterocycles. The summed E-state index contributed by atoms with van der Waals surface area (Å²) < 4.78 is 9.48. The average Bonchev–Trinajstić information content (AvgIpc) is 3.44. The van der Waals surface area contributed by atoms with E-state index in [1.807, 2.05) is 47.6 Å². The summed E-state index contributed by atoms with van der Waals surface area (Å²) in [6.07, 6.45) is 9.77. The van der Waals surface area contributed by atoms with Crippen LogP contribution in [0.1, 0.15) is 54.8 Å². The van der Waals surface area contributed by atoms with Crippen LogP contribution >= 0.6 is 0 Å². The highest BCUT2D eigenvalue weighted by Gasteiger charge is 2.27. The Morgan fingerprint density at radius 2 is 1.95 bits per heavy atom. The molecule has 1 aliphatic heterocycles. The van der Waals surface area contributed by atoms with Gasteiger partial charge in [-0.1, -0.05) is 6.07 Å². The monoisotopic (exact) mass is 499 g/mol. The van der Waals surface area contributed by atoms with Gasteiger partial charge in [-0.25, -0.2) is 15.0 Å². The van der Waals surface area contributed by atoms with Crippen LogP contribution in [-0.4, -0.2) is 66.5 Å². The van der Waals surface area contributed by atoms with Crippen molar-refractivity contribution in [1.82, 2.24) is 34.3 Å². The lowest BCUT2D eigenvalue weighted by atomic mass is 10.2. The van der Waals surface area contributed by atoms with Crippen molar-refractivity contribution in [3.63, 3.8) is 0 Å². The number of anilines is 2. The van der Waals surface area contributed by atoms with Crippen LogP contribution in [0.15, 0.2) is 49.3 Å². The van der Waals surface area contributed by atoms with E-state index in [0.29, 0.717) is 36.5 Å². The molecule has 0 atom stereocenters. The van der Waals surface area contributed by atoms with Gasteiger partial charge in [-0.15, -0.1) is 10.2 Å². The molecule has 1 N–H and O–H groups in total. The molecule has 2 aliphatic rings. The van der Waals surface area contributed by atoms with E-state index in [9.17, 15) is 4.79 Å². The minimum Gasteiger partial charge on any atom is -0.378 e. The molecule has 1 amide bonds. The first-order valence-electron chi connectivity index (χ1n) is 12.6. The lowest BCUT2D eigenvalue weighted by molar-refractivity contribution is 0.102. The number of nitrogens with one attached hydrogen (secondary N) is 1. The fraction of sp³-hybridized carbons (Fsp3) is 0.385. The Balaban J connectivity index is 1.29. The zero-order chi connectivity index (χ0) is 25.4. The van der Waals surface area contributed by atoms with Gasteiger partial charge >= 0.3 is 0 Å². The Morgan fingerprint density at radius 3 is 2.73 bits per heavy atom. The maximum Gasteiger partial charge on any atom is 0.275 e. The predicted octanol–water partition coefficient (Wildman–Crippen LogP) is 3.47. The second kappa shape index (κ2) is 9.74. The average molecular weight is 500 g/mol. The van der Waals surface area contributed by atoms with Gasteiger partial charge in [0.25, 0.3) is 5.91 Å². The molecule has 4 aromatic rings. The molecule has 0 bridgehead atoms. The van der Waals surface area contributed by atoms with Crippen molar-refractivity contribution in [2.24, 2.45) is 0 Å². The zero-order valence-corrected chi connectivity index (χ0v) is 20.9. The number of carbonyl (C=O) groups is 1. The Morgan fingerprint density at radius 1 is 1.11 bits per heavy atom. The number of morpholine rings is 1. The minimum atomic E-state index is -0.348. The van der Waals surface area contributed by atoms with Crippen LogP contribution in [0, 0.1) is 0 Å². The van der Waals surface area contributed by atoms with E-state index in [0.717, 1.165) is 30.2 Å². The van der Waals surface area contributed by atoms with Crippen LogP contribution < -0.4 is 10.2 Å². The van der Waals surface area contributed by atoms with Gasteiger partial charge in [0, 0.05) is 37.3 Å². The van der Waals surface area contributed by atoms with Crippen LogP contribution in [0.4, 0.5) is 11.5 Å². The molecular weight excluding hydrogens is 470 g/mol. The summed E-state index contributed by atoms with van der Waals surface area (Å²) in [5, 5.41) is 11.1. The molecule has 11 nitrogen and oxygen atoms in total. The minimum absolute atomic E-state index is 0.167. The summed E-state index contributed by atoms with van der Waals surface area (Å²) in [5.74, 6) is 1.26. The number of imidazole rings is 1. The Kier molecular flexibility index (Phi) is 6.13. The van der Waals surface area contributed by atoms with E-state index in [4.69, 9.17) is 4.74 Å². The number of pyridine rings is 2. The number of aromatic nitrogens is 7. The normalized spacial score (nSPS) is 15.8. The molecule has 0 unspecified atom stereocenters. The highest BCUT2D eigenvalue weighted by atomic mass is 16.5. The molecule has 0 radical (unpaired) electrons. The second-order valence-corrected chi connectivity index (χ2v) is 9.66. The lowest BCUT2D eigenvalue weighted by Gasteiger charge is -2.30. The standard InChI is InChI=1S/C26H29N9O2/c1-17(2)35-16-29-32-25(35)19-4-3-5-20(30-19)26(36)31-24-12-22(34-14-21(28-15-34)18-6-7-18)23(13-27-24)33-8-10-37-11-9-33/h3-5,12-18H,6-11H2,1-2H3,(H,27,31,36). The van der Waals surface area contributed by atoms with Gasteiger partial charge in [-0.2, -0.15) is 0 Å². The SMILES string of the molecule is CC(C)n1cnnc1-c1cccc(C(=O)Nc2cc(-n3cnc(C4CC4)c3)c(N3CCOCC3)cn2)n1. The zero-order valence-electron chi connectivity index (χ0n) is 20.9. The van der Waals surface area contributed by atoms with Crippen molar-refractivity contribution in [2.45, 2.75) is 38.6 Å². The Labute approximate surface area is 214 Å². The second-order valence-electron chi connectivity index (χ2n) is 9.66. The first-order chi connectivity index (χ1) is 18.1. The number of rotatable bonds is 7. The van der Waals surface area contributed by atoms with E-state index in [-0.39, 0.29) is 17.6 Å². The van der Waals surface area contributed by atoms with E-state index < -0.39 is 0 Å². The maximum atomic E-state index is 13.2. The number of nitrogens with zero attached hydrogens (tertiary/aromatic N) is 8. The molecular formula is C26H29N9O2. The largest absolute Gasteiger partial charge is 0.378 e. The fourth-order valence-corrected chi connectivity index (χ4v) is 4.49. The molecule has 1 aliphatic carbocycles. The third-order valence-corrected chi connectivity index (χ3v) is 6.67. The van der Waals surface area contributed by atoms with E-state index >= 15 is 0 Å². The lowest BCUT2D eigenvalue weighted by Crippen LogP contribution is -2.37. The summed E-state index contributed by atoms with van der Waals surface area (Å²) >= 11 is 0. The van der Waals surface area contributed by atoms with Crippen molar-refractivity contribution >= 4 is 17.4 Å². The van der Waals surface area contributed by atoms with Crippen LogP contribution in [0.25, 0.3) is 17.2 Å². The number of hydrogen-bond donors (Lipinski definition) is 1. The predicted molar refractivity (Wildman–Crippen MR) is 138 cm³/mol. The van der Waals surface area contributed by atoms with E-state index in [1.54, 1.807) is 18.5 Å². The van der Waals surface area contributed by atoms with Gasteiger partial charge in [0.1, 0.15) is 23.5 Å². The maximum absolute atomic E-state index is 13.2. The molecule has 0 spiro atoms. The number of carbonyl (C=O) groups excluding carboxylic acids is 1. The van der Waals surface area contributed by atoms with Crippen molar-refractivity contribution in [3.8, 4) is 17.2 Å². The summed E-state index contributed by atoms with van der Waals surface area (Å²) in [7, 11) is 0. The third-order valence-electron chi connectivity index (χ3n) is 6.67. The molecule has 1 saturated carbocycles. The van der Waals surface area contributed by atoms with Crippen LogP contribution in [0.2, 0.25) is 0 Å². The quantitative estimate of drug-likeness (QED) is 0.411. The molecule has 4 aromatic heterocycles. The summed E-state index contributed by atoms with van der Waals surface area (Å²) in [4.78, 5) is 29.2. The number of amides is 1. The van der Waals surface area contributed by atoms with Gasteiger partial charge < -0.3 is 24.1 Å². The van der Waals surface area contributed by atoms with Gasteiger partial charge in [0.05, 0.1) is 42.8 Å². The topological polar surface area (TPSA) is 116 Å². The first-order valence-corrected chi connectivity index (χ1v) is 12.6. The fourth-order valence-electron chi connectivity index (χ4n) is 4.49. The molecule has 11 heteroatoms. The first kappa shape index (κ1) is 23.3. The van der Waals surface area contributed by atoms with E-state index in [2.05, 4.69) is 41.6 Å². The van der Waals surface area contributed by atoms with Crippen LogP contribution in [0.3, 0.4) is 0 Å². The van der Waals surface area contributed by atoms with Gasteiger partial charge in [0.2, 0.25) is 0 Å².